The van der Waals surface area contributed by atoms with Gasteiger partial charge in [-0.15, -0.1) is 0 Å². The van der Waals surface area contributed by atoms with Crippen LogP contribution in [0.25, 0.3) is 10.8 Å². The summed E-state index contributed by atoms with van der Waals surface area (Å²) in [6.07, 6.45) is 5.27. The average Bonchev–Trinajstić information content (AvgIpc) is 2.97. The van der Waals surface area contributed by atoms with Crippen LogP contribution in [0.2, 0.25) is 0 Å². The smallest absolute Gasteiger partial charge is 0.256 e. The zero-order chi connectivity index (χ0) is 25.2. The standard InChI is InChI=1S/C28H28FN7O/c29-21-6-8-22(9-7-21)33-12-16-35(17-13-33)27(37)25-20-32-26(24-5-2-1-4-23(24)25)34-14-18-36(19-15-34)28-30-10-3-11-31-28/h1-11,20H,12-19H2. The van der Waals surface area contributed by atoms with Crippen LogP contribution in [-0.4, -0.2) is 78.1 Å². The number of nitrogens with zero attached hydrogens (tertiary/aromatic N) is 7. The summed E-state index contributed by atoms with van der Waals surface area (Å²) in [6.45, 7) is 5.83. The highest BCUT2D eigenvalue weighted by Crippen LogP contribution is 2.29. The molecule has 0 aliphatic carbocycles. The molecule has 4 aromatic rings. The highest BCUT2D eigenvalue weighted by Gasteiger charge is 2.26. The van der Waals surface area contributed by atoms with E-state index in [-0.39, 0.29) is 11.7 Å². The molecule has 0 bridgehead atoms. The summed E-state index contributed by atoms with van der Waals surface area (Å²) in [7, 11) is 0. The molecule has 8 nitrogen and oxygen atoms in total. The fraction of sp³-hybridized carbons (Fsp3) is 0.286. The second-order valence-electron chi connectivity index (χ2n) is 9.32. The Morgan fingerprint density at radius 3 is 2.00 bits per heavy atom. The molecule has 2 aromatic carbocycles. The maximum Gasteiger partial charge on any atom is 0.256 e. The molecule has 2 fully saturated rings. The minimum absolute atomic E-state index is 0.0000480. The third kappa shape index (κ3) is 4.64. The molecule has 0 atom stereocenters. The Morgan fingerprint density at radius 1 is 0.676 bits per heavy atom. The first-order chi connectivity index (χ1) is 18.2. The third-order valence-electron chi connectivity index (χ3n) is 7.18. The van der Waals surface area contributed by atoms with E-state index in [2.05, 4.69) is 24.7 Å². The molecule has 0 saturated carbocycles. The zero-order valence-electron chi connectivity index (χ0n) is 20.5. The summed E-state index contributed by atoms with van der Waals surface area (Å²) in [5.74, 6) is 1.41. The van der Waals surface area contributed by atoms with Crippen molar-refractivity contribution in [3.8, 4) is 0 Å². The van der Waals surface area contributed by atoms with Crippen molar-refractivity contribution in [1.82, 2.24) is 19.9 Å². The van der Waals surface area contributed by atoms with Crippen LogP contribution in [0.1, 0.15) is 10.4 Å². The van der Waals surface area contributed by atoms with Crippen molar-refractivity contribution in [2.45, 2.75) is 0 Å². The second-order valence-corrected chi connectivity index (χ2v) is 9.32. The fourth-order valence-electron chi connectivity index (χ4n) is 5.16. The Labute approximate surface area is 215 Å². The van der Waals surface area contributed by atoms with Gasteiger partial charge in [0, 0.05) is 82.0 Å². The van der Waals surface area contributed by atoms with Crippen LogP contribution in [0.5, 0.6) is 0 Å². The number of carbonyl (C=O) groups excluding carboxylic acids is 1. The first kappa shape index (κ1) is 23.1. The molecule has 188 valence electrons. The van der Waals surface area contributed by atoms with Gasteiger partial charge in [0.15, 0.2) is 0 Å². The van der Waals surface area contributed by atoms with Crippen LogP contribution < -0.4 is 14.7 Å². The maximum atomic E-state index is 13.6. The molecule has 6 rings (SSSR count). The number of carbonyl (C=O) groups is 1. The average molecular weight is 498 g/mol. The summed E-state index contributed by atoms with van der Waals surface area (Å²) < 4.78 is 13.3. The molecular formula is C28H28FN7O. The van der Waals surface area contributed by atoms with E-state index in [9.17, 15) is 9.18 Å². The lowest BCUT2D eigenvalue weighted by Gasteiger charge is -2.37. The quantitative estimate of drug-likeness (QED) is 0.428. The number of piperazine rings is 2. The first-order valence-electron chi connectivity index (χ1n) is 12.6. The van der Waals surface area contributed by atoms with Gasteiger partial charge in [-0.25, -0.2) is 19.3 Å². The summed E-state index contributed by atoms with van der Waals surface area (Å²) in [6, 6.07) is 16.4. The van der Waals surface area contributed by atoms with Gasteiger partial charge in [0.05, 0.1) is 5.56 Å². The lowest BCUT2D eigenvalue weighted by Crippen LogP contribution is -2.49. The van der Waals surface area contributed by atoms with Gasteiger partial charge in [-0.05, 0) is 35.7 Å². The molecule has 0 N–H and O–H groups in total. The van der Waals surface area contributed by atoms with Gasteiger partial charge in [-0.2, -0.15) is 0 Å². The number of anilines is 3. The van der Waals surface area contributed by atoms with Crippen LogP contribution in [0.15, 0.2) is 73.2 Å². The van der Waals surface area contributed by atoms with E-state index in [4.69, 9.17) is 4.98 Å². The lowest BCUT2D eigenvalue weighted by atomic mass is 10.0. The second kappa shape index (κ2) is 10.0. The molecule has 0 spiro atoms. The number of amides is 1. The Morgan fingerprint density at radius 2 is 1.30 bits per heavy atom. The van der Waals surface area contributed by atoms with Gasteiger partial charge in [-0.1, -0.05) is 24.3 Å². The molecule has 2 aliphatic heterocycles. The van der Waals surface area contributed by atoms with E-state index in [0.717, 1.165) is 54.4 Å². The minimum Gasteiger partial charge on any atom is -0.368 e. The molecule has 1 amide bonds. The first-order valence-corrected chi connectivity index (χ1v) is 12.6. The molecule has 9 heteroatoms. The Balaban J connectivity index is 1.18. The van der Waals surface area contributed by atoms with Crippen molar-refractivity contribution in [3.63, 3.8) is 0 Å². The van der Waals surface area contributed by atoms with Gasteiger partial charge in [0.1, 0.15) is 11.6 Å². The molecule has 2 aromatic heterocycles. The van der Waals surface area contributed by atoms with Crippen molar-refractivity contribution in [2.24, 2.45) is 0 Å². The van der Waals surface area contributed by atoms with Crippen LogP contribution >= 0.6 is 0 Å². The van der Waals surface area contributed by atoms with Crippen molar-refractivity contribution in [3.05, 3.63) is 84.6 Å². The van der Waals surface area contributed by atoms with E-state index >= 15 is 0 Å². The van der Waals surface area contributed by atoms with Gasteiger partial charge in [0.25, 0.3) is 5.91 Å². The van der Waals surface area contributed by atoms with Gasteiger partial charge in [0.2, 0.25) is 5.95 Å². The normalized spacial score (nSPS) is 16.4. The van der Waals surface area contributed by atoms with E-state index in [1.807, 2.05) is 35.2 Å². The Hall–Kier alpha value is -4.27. The Bertz CT molecular complexity index is 1380. The van der Waals surface area contributed by atoms with Gasteiger partial charge < -0.3 is 19.6 Å². The number of hydrogen-bond donors (Lipinski definition) is 0. The Kier molecular flexibility index (Phi) is 6.26. The molecular weight excluding hydrogens is 469 g/mol. The molecule has 2 aliphatic rings. The highest BCUT2D eigenvalue weighted by atomic mass is 19.1. The van der Waals surface area contributed by atoms with Crippen molar-refractivity contribution in [1.29, 1.82) is 0 Å². The number of hydrogen-bond acceptors (Lipinski definition) is 7. The van der Waals surface area contributed by atoms with Gasteiger partial charge >= 0.3 is 0 Å². The number of rotatable bonds is 4. The summed E-state index contributed by atoms with van der Waals surface area (Å²) in [4.78, 5) is 35.6. The number of fused-ring (bicyclic) bond motifs is 1. The molecule has 4 heterocycles. The van der Waals surface area contributed by atoms with E-state index < -0.39 is 0 Å². The predicted molar refractivity (Wildman–Crippen MR) is 143 cm³/mol. The van der Waals surface area contributed by atoms with E-state index in [0.29, 0.717) is 31.7 Å². The topological polar surface area (TPSA) is 68.7 Å². The van der Waals surface area contributed by atoms with Crippen LogP contribution in [0.3, 0.4) is 0 Å². The summed E-state index contributed by atoms with van der Waals surface area (Å²) in [5.41, 5.74) is 1.61. The van der Waals surface area contributed by atoms with Crippen molar-refractivity contribution < 1.29 is 9.18 Å². The zero-order valence-corrected chi connectivity index (χ0v) is 20.5. The van der Waals surface area contributed by atoms with Crippen molar-refractivity contribution in [2.75, 3.05) is 67.1 Å². The van der Waals surface area contributed by atoms with Gasteiger partial charge in [-0.3, -0.25) is 4.79 Å². The van der Waals surface area contributed by atoms with Crippen molar-refractivity contribution >= 4 is 34.1 Å². The number of benzene rings is 2. The molecule has 37 heavy (non-hydrogen) atoms. The highest BCUT2D eigenvalue weighted by molar-refractivity contribution is 6.09. The predicted octanol–water partition coefficient (Wildman–Crippen LogP) is 3.45. The molecule has 0 unspecified atom stereocenters. The summed E-state index contributed by atoms with van der Waals surface area (Å²) in [5, 5.41) is 1.91. The molecule has 2 saturated heterocycles. The van der Waals surface area contributed by atoms with Crippen LogP contribution in [0.4, 0.5) is 21.8 Å². The van der Waals surface area contributed by atoms with E-state index in [1.165, 1.54) is 12.1 Å². The maximum absolute atomic E-state index is 13.6. The minimum atomic E-state index is -0.243. The number of pyridine rings is 1. The molecule has 0 radical (unpaired) electrons. The third-order valence-corrected chi connectivity index (χ3v) is 7.18. The van der Waals surface area contributed by atoms with E-state index in [1.54, 1.807) is 30.7 Å². The number of halogens is 1. The van der Waals surface area contributed by atoms with Crippen LogP contribution in [0, 0.1) is 5.82 Å². The fourth-order valence-corrected chi connectivity index (χ4v) is 5.16. The largest absolute Gasteiger partial charge is 0.368 e. The lowest BCUT2D eigenvalue weighted by molar-refractivity contribution is 0.0748. The monoisotopic (exact) mass is 497 g/mol. The summed E-state index contributed by atoms with van der Waals surface area (Å²) >= 11 is 0. The number of aromatic nitrogens is 3. The van der Waals surface area contributed by atoms with Crippen LogP contribution in [-0.2, 0) is 0 Å². The SMILES string of the molecule is O=C(c1cnc(N2CCN(c3ncccn3)CC2)c2ccccc12)N1CCN(c2ccc(F)cc2)CC1.